The van der Waals surface area contributed by atoms with Crippen LogP contribution in [-0.2, 0) is 5.75 Å². The summed E-state index contributed by atoms with van der Waals surface area (Å²) in [6.45, 7) is 0. The standard InChI is InChI=1S/C4H5BrN2OS/c1-9-2-3-6-7-4(5)8-3/h2H2,1H3. The maximum absolute atomic E-state index is 5.00. The minimum absolute atomic E-state index is 0.451. The molecule has 3 nitrogen and oxygen atoms in total. The third-order valence-corrected chi connectivity index (χ3v) is 1.57. The van der Waals surface area contributed by atoms with Gasteiger partial charge in [0, 0.05) is 15.9 Å². The Kier molecular flexibility index (Phi) is 2.53. The highest BCUT2D eigenvalue weighted by molar-refractivity contribution is 9.10. The smallest absolute Gasteiger partial charge is 0.284 e. The second-order valence-corrected chi connectivity index (χ2v) is 2.93. The van der Waals surface area contributed by atoms with E-state index < -0.39 is 0 Å². The van der Waals surface area contributed by atoms with E-state index in [-0.39, 0.29) is 0 Å². The van der Waals surface area contributed by atoms with Crippen LogP contribution in [0.1, 0.15) is 5.89 Å². The molecular weight excluding hydrogens is 204 g/mol. The summed E-state index contributed by atoms with van der Waals surface area (Å²) in [5.41, 5.74) is 0. The maximum atomic E-state index is 5.00. The van der Waals surface area contributed by atoms with E-state index in [4.69, 9.17) is 4.42 Å². The summed E-state index contributed by atoms with van der Waals surface area (Å²) in [6.07, 6.45) is 1.98. The molecular formula is C4H5BrN2OS. The summed E-state index contributed by atoms with van der Waals surface area (Å²) in [6, 6.07) is 0. The molecule has 5 heteroatoms. The van der Waals surface area contributed by atoms with Crippen LogP contribution in [0.4, 0.5) is 0 Å². The number of halogens is 1. The van der Waals surface area contributed by atoms with Crippen LogP contribution in [0.3, 0.4) is 0 Å². The highest BCUT2D eigenvalue weighted by atomic mass is 79.9. The monoisotopic (exact) mass is 208 g/mol. The van der Waals surface area contributed by atoms with Crippen LogP contribution in [-0.4, -0.2) is 16.5 Å². The first kappa shape index (κ1) is 7.08. The first-order valence-electron chi connectivity index (χ1n) is 2.29. The zero-order valence-electron chi connectivity index (χ0n) is 4.80. The number of nitrogens with zero attached hydrogens (tertiary/aromatic N) is 2. The molecule has 0 unspecified atom stereocenters. The zero-order chi connectivity index (χ0) is 6.69. The van der Waals surface area contributed by atoms with Crippen molar-refractivity contribution in [3.63, 3.8) is 0 Å². The predicted molar refractivity (Wildman–Crippen MR) is 39.2 cm³/mol. The van der Waals surface area contributed by atoms with Gasteiger partial charge in [0.15, 0.2) is 0 Å². The Morgan fingerprint density at radius 1 is 1.67 bits per heavy atom. The first-order chi connectivity index (χ1) is 4.33. The molecule has 0 atom stereocenters. The van der Waals surface area contributed by atoms with Gasteiger partial charge in [0.1, 0.15) is 0 Å². The van der Waals surface area contributed by atoms with Crippen molar-refractivity contribution >= 4 is 27.7 Å². The summed E-state index contributed by atoms with van der Waals surface area (Å²) < 4.78 is 5.00. The molecule has 0 radical (unpaired) electrons. The van der Waals surface area contributed by atoms with Crippen molar-refractivity contribution in [3.05, 3.63) is 10.7 Å². The molecule has 0 amide bonds. The SMILES string of the molecule is CSCc1nnc(Br)o1. The number of rotatable bonds is 2. The summed E-state index contributed by atoms with van der Waals surface area (Å²) in [7, 11) is 0. The Balaban J connectivity index is 2.61. The van der Waals surface area contributed by atoms with Crippen molar-refractivity contribution in [1.29, 1.82) is 0 Å². The fourth-order valence-electron chi connectivity index (χ4n) is 0.415. The molecule has 1 rings (SSSR count). The molecule has 1 heterocycles. The Bertz CT molecular complexity index is 190. The van der Waals surface area contributed by atoms with Gasteiger partial charge in [0.2, 0.25) is 5.89 Å². The van der Waals surface area contributed by atoms with Gasteiger partial charge in [-0.1, -0.05) is 0 Å². The zero-order valence-corrected chi connectivity index (χ0v) is 7.20. The third kappa shape index (κ3) is 1.98. The molecule has 0 aromatic carbocycles. The molecule has 0 fully saturated rings. The fraction of sp³-hybridized carbons (Fsp3) is 0.500. The molecule has 0 aliphatic carbocycles. The quantitative estimate of drug-likeness (QED) is 0.742. The molecule has 0 bridgehead atoms. The average molecular weight is 209 g/mol. The van der Waals surface area contributed by atoms with Crippen molar-refractivity contribution in [2.75, 3.05) is 6.26 Å². The van der Waals surface area contributed by atoms with Gasteiger partial charge in [-0.15, -0.1) is 10.2 Å². The lowest BCUT2D eigenvalue weighted by Gasteiger charge is -1.83. The summed E-state index contributed by atoms with van der Waals surface area (Å²) in [4.78, 5) is 0.451. The third-order valence-electron chi connectivity index (χ3n) is 0.710. The predicted octanol–water partition coefficient (Wildman–Crippen LogP) is 1.70. The Labute approximate surface area is 65.4 Å². The van der Waals surface area contributed by atoms with E-state index in [1.54, 1.807) is 11.8 Å². The minimum Gasteiger partial charge on any atom is -0.415 e. The van der Waals surface area contributed by atoms with Crippen LogP contribution in [0.5, 0.6) is 0 Å². The van der Waals surface area contributed by atoms with Gasteiger partial charge >= 0.3 is 0 Å². The van der Waals surface area contributed by atoms with Gasteiger partial charge in [-0.2, -0.15) is 11.8 Å². The summed E-state index contributed by atoms with van der Waals surface area (Å²) in [5, 5.41) is 7.34. The van der Waals surface area contributed by atoms with Crippen LogP contribution in [0.2, 0.25) is 0 Å². The van der Waals surface area contributed by atoms with E-state index in [1.165, 1.54) is 0 Å². The normalized spacial score (nSPS) is 10.0. The summed E-state index contributed by atoms with van der Waals surface area (Å²) >= 11 is 4.70. The Hall–Kier alpha value is -0.0300. The van der Waals surface area contributed by atoms with E-state index in [0.717, 1.165) is 5.75 Å². The van der Waals surface area contributed by atoms with Crippen molar-refractivity contribution < 1.29 is 4.42 Å². The van der Waals surface area contributed by atoms with E-state index in [2.05, 4.69) is 26.1 Å². The Morgan fingerprint density at radius 3 is 2.89 bits per heavy atom. The van der Waals surface area contributed by atoms with Crippen molar-refractivity contribution in [3.8, 4) is 0 Å². The van der Waals surface area contributed by atoms with E-state index >= 15 is 0 Å². The highest BCUT2D eigenvalue weighted by Gasteiger charge is 1.99. The maximum Gasteiger partial charge on any atom is 0.284 e. The molecule has 0 aliphatic heterocycles. The van der Waals surface area contributed by atoms with E-state index in [9.17, 15) is 0 Å². The molecule has 0 saturated heterocycles. The van der Waals surface area contributed by atoms with Gasteiger partial charge in [-0.25, -0.2) is 0 Å². The van der Waals surface area contributed by atoms with Gasteiger partial charge < -0.3 is 4.42 Å². The van der Waals surface area contributed by atoms with Crippen LogP contribution < -0.4 is 0 Å². The van der Waals surface area contributed by atoms with Crippen molar-refractivity contribution in [2.24, 2.45) is 0 Å². The van der Waals surface area contributed by atoms with E-state index in [1.807, 2.05) is 6.26 Å². The lowest BCUT2D eigenvalue weighted by molar-refractivity contribution is 0.491. The van der Waals surface area contributed by atoms with Crippen molar-refractivity contribution in [2.45, 2.75) is 5.75 Å². The minimum atomic E-state index is 0.451. The lowest BCUT2D eigenvalue weighted by atomic mass is 10.8. The molecule has 0 spiro atoms. The molecule has 0 saturated carbocycles. The molecule has 1 aromatic rings. The first-order valence-corrected chi connectivity index (χ1v) is 4.48. The van der Waals surface area contributed by atoms with Gasteiger partial charge in [0.25, 0.3) is 4.80 Å². The second kappa shape index (κ2) is 3.22. The highest BCUT2D eigenvalue weighted by Crippen LogP contribution is 2.10. The largest absolute Gasteiger partial charge is 0.415 e. The van der Waals surface area contributed by atoms with Crippen LogP contribution in [0.15, 0.2) is 9.22 Å². The number of thioether (sulfide) groups is 1. The number of aromatic nitrogens is 2. The van der Waals surface area contributed by atoms with Gasteiger partial charge in [-0.3, -0.25) is 0 Å². The number of hydrogen-bond acceptors (Lipinski definition) is 4. The number of hydrogen-bond donors (Lipinski definition) is 0. The van der Waals surface area contributed by atoms with Crippen LogP contribution in [0.25, 0.3) is 0 Å². The molecule has 0 aliphatic rings. The molecule has 1 aromatic heterocycles. The summed E-state index contributed by atoms with van der Waals surface area (Å²) in [5.74, 6) is 1.44. The topological polar surface area (TPSA) is 38.9 Å². The van der Waals surface area contributed by atoms with Gasteiger partial charge in [0.05, 0.1) is 5.75 Å². The molecule has 9 heavy (non-hydrogen) atoms. The molecule has 50 valence electrons. The van der Waals surface area contributed by atoms with Crippen LogP contribution in [0, 0.1) is 0 Å². The lowest BCUT2D eigenvalue weighted by Crippen LogP contribution is -1.76. The average Bonchev–Trinajstić information content (AvgIpc) is 2.17. The van der Waals surface area contributed by atoms with Gasteiger partial charge in [-0.05, 0) is 6.26 Å². The fourth-order valence-corrected chi connectivity index (χ4v) is 1.04. The Morgan fingerprint density at radius 2 is 2.44 bits per heavy atom. The van der Waals surface area contributed by atoms with Crippen LogP contribution >= 0.6 is 27.7 Å². The van der Waals surface area contributed by atoms with E-state index in [0.29, 0.717) is 10.7 Å². The van der Waals surface area contributed by atoms with Crippen molar-refractivity contribution in [1.82, 2.24) is 10.2 Å². The second-order valence-electron chi connectivity index (χ2n) is 1.38. The molecule has 0 N–H and O–H groups in total.